The monoisotopic (exact) mass is 379 g/mol. The molecule has 1 N–H and O–H groups in total. The standard InChI is InChI=1S/C16H21ClF3N3O2/c1-4-23(5-2)15(25)10-22(3)9-14(24)21-13-8-11(16(18,19)20)6-7-12(13)17/h6-8H,4-5,9-10H2,1-3H3,(H,21,24). The number of carbonyl (C=O) groups is 2. The molecule has 0 aliphatic heterocycles. The lowest BCUT2D eigenvalue weighted by molar-refractivity contribution is -0.137. The van der Waals surface area contributed by atoms with E-state index in [2.05, 4.69) is 5.32 Å². The first-order chi connectivity index (χ1) is 11.6. The van der Waals surface area contributed by atoms with Crippen molar-refractivity contribution < 1.29 is 22.8 Å². The van der Waals surface area contributed by atoms with E-state index in [9.17, 15) is 22.8 Å². The Bertz CT molecular complexity index is 619. The minimum atomic E-state index is -4.53. The summed E-state index contributed by atoms with van der Waals surface area (Å²) in [6.07, 6.45) is -4.53. The van der Waals surface area contributed by atoms with Crippen molar-refractivity contribution in [3.63, 3.8) is 0 Å². The molecule has 9 heteroatoms. The number of nitrogens with one attached hydrogen (secondary N) is 1. The summed E-state index contributed by atoms with van der Waals surface area (Å²) in [7, 11) is 1.58. The molecule has 0 aliphatic carbocycles. The molecule has 1 aromatic carbocycles. The van der Waals surface area contributed by atoms with E-state index in [-0.39, 0.29) is 29.7 Å². The topological polar surface area (TPSA) is 52.7 Å². The van der Waals surface area contributed by atoms with E-state index in [4.69, 9.17) is 11.6 Å². The molecule has 0 saturated heterocycles. The zero-order chi connectivity index (χ0) is 19.2. The van der Waals surface area contributed by atoms with Crippen LogP contribution >= 0.6 is 11.6 Å². The molecule has 0 spiro atoms. The van der Waals surface area contributed by atoms with E-state index in [0.29, 0.717) is 13.1 Å². The van der Waals surface area contributed by atoms with Crippen molar-refractivity contribution in [3.05, 3.63) is 28.8 Å². The Morgan fingerprint density at radius 1 is 1.16 bits per heavy atom. The van der Waals surface area contributed by atoms with Crippen LogP contribution in [0.1, 0.15) is 19.4 Å². The highest BCUT2D eigenvalue weighted by Crippen LogP contribution is 2.33. The van der Waals surface area contributed by atoms with Gasteiger partial charge >= 0.3 is 6.18 Å². The van der Waals surface area contributed by atoms with Crippen LogP contribution in [0, 0.1) is 0 Å². The van der Waals surface area contributed by atoms with Gasteiger partial charge in [-0.05, 0) is 39.1 Å². The Morgan fingerprint density at radius 2 is 1.76 bits per heavy atom. The van der Waals surface area contributed by atoms with E-state index >= 15 is 0 Å². The zero-order valence-corrected chi connectivity index (χ0v) is 15.0. The van der Waals surface area contributed by atoms with Crippen molar-refractivity contribution in [1.29, 1.82) is 0 Å². The first kappa shape index (κ1) is 21.2. The second-order valence-electron chi connectivity index (χ2n) is 5.48. The number of anilines is 1. The summed E-state index contributed by atoms with van der Waals surface area (Å²) in [6.45, 7) is 4.71. The second-order valence-corrected chi connectivity index (χ2v) is 5.89. The van der Waals surface area contributed by atoms with Gasteiger partial charge in [0, 0.05) is 13.1 Å². The molecule has 0 radical (unpaired) electrons. The number of alkyl halides is 3. The van der Waals surface area contributed by atoms with Gasteiger partial charge in [-0.1, -0.05) is 11.6 Å². The average Bonchev–Trinajstić information content (AvgIpc) is 2.49. The quantitative estimate of drug-likeness (QED) is 0.792. The molecule has 1 aromatic rings. The molecule has 0 fully saturated rings. The molecule has 140 valence electrons. The predicted molar refractivity (Wildman–Crippen MR) is 90.5 cm³/mol. The molecule has 25 heavy (non-hydrogen) atoms. The molecule has 0 saturated carbocycles. The van der Waals surface area contributed by atoms with E-state index < -0.39 is 17.6 Å². The van der Waals surface area contributed by atoms with Crippen LogP contribution < -0.4 is 5.32 Å². The normalized spacial score (nSPS) is 11.5. The molecule has 0 bridgehead atoms. The molecule has 1 rings (SSSR count). The van der Waals surface area contributed by atoms with Gasteiger partial charge < -0.3 is 10.2 Å². The summed E-state index contributed by atoms with van der Waals surface area (Å²) in [5.74, 6) is -0.687. The zero-order valence-electron chi connectivity index (χ0n) is 14.3. The first-order valence-corrected chi connectivity index (χ1v) is 8.09. The summed E-state index contributed by atoms with van der Waals surface area (Å²) in [5, 5.41) is 2.35. The second kappa shape index (κ2) is 9.05. The minimum Gasteiger partial charge on any atom is -0.342 e. The van der Waals surface area contributed by atoms with Crippen LogP contribution in [-0.2, 0) is 15.8 Å². The lowest BCUT2D eigenvalue weighted by Crippen LogP contribution is -2.41. The molecule has 0 unspecified atom stereocenters. The van der Waals surface area contributed by atoms with E-state index in [1.807, 2.05) is 13.8 Å². The van der Waals surface area contributed by atoms with Gasteiger partial charge in [-0.3, -0.25) is 14.5 Å². The van der Waals surface area contributed by atoms with E-state index in [1.165, 1.54) is 4.90 Å². The average molecular weight is 380 g/mol. The SMILES string of the molecule is CCN(CC)C(=O)CN(C)CC(=O)Nc1cc(C(F)(F)F)ccc1Cl. The summed E-state index contributed by atoms with van der Waals surface area (Å²) in [6, 6.07) is 2.70. The number of hydrogen-bond acceptors (Lipinski definition) is 3. The number of halogens is 4. The van der Waals surface area contributed by atoms with Gasteiger partial charge in [0.25, 0.3) is 0 Å². The number of carbonyl (C=O) groups excluding carboxylic acids is 2. The summed E-state index contributed by atoms with van der Waals surface area (Å²) in [4.78, 5) is 27.1. The Balaban J connectivity index is 2.69. The highest BCUT2D eigenvalue weighted by atomic mass is 35.5. The molecular weight excluding hydrogens is 359 g/mol. The minimum absolute atomic E-state index is 0.00298. The molecule has 5 nitrogen and oxygen atoms in total. The van der Waals surface area contributed by atoms with Crippen molar-refractivity contribution in [2.24, 2.45) is 0 Å². The van der Waals surface area contributed by atoms with Crippen LogP contribution in [0.3, 0.4) is 0 Å². The summed E-state index contributed by atoms with van der Waals surface area (Å²) < 4.78 is 38.2. The maximum absolute atomic E-state index is 12.7. The maximum atomic E-state index is 12.7. The smallest absolute Gasteiger partial charge is 0.342 e. The van der Waals surface area contributed by atoms with Crippen LogP contribution in [0.2, 0.25) is 5.02 Å². The molecule has 2 amide bonds. The number of likely N-dealkylation sites (N-methyl/N-ethyl adjacent to an activating group) is 2. The Kier molecular flexibility index (Phi) is 7.69. The lowest BCUT2D eigenvalue weighted by atomic mass is 10.2. The molecule has 0 heterocycles. The van der Waals surface area contributed by atoms with Gasteiger partial charge in [-0.25, -0.2) is 0 Å². The maximum Gasteiger partial charge on any atom is 0.416 e. The van der Waals surface area contributed by atoms with Crippen molar-refractivity contribution in [1.82, 2.24) is 9.80 Å². The lowest BCUT2D eigenvalue weighted by Gasteiger charge is -2.22. The van der Waals surface area contributed by atoms with Gasteiger partial charge in [-0.2, -0.15) is 13.2 Å². The fourth-order valence-corrected chi connectivity index (χ4v) is 2.36. The van der Waals surface area contributed by atoms with Gasteiger partial charge in [0.15, 0.2) is 0 Å². The molecule has 0 atom stereocenters. The van der Waals surface area contributed by atoms with Crippen LogP contribution in [0.4, 0.5) is 18.9 Å². The van der Waals surface area contributed by atoms with Crippen LogP contribution in [0.5, 0.6) is 0 Å². The molecule has 0 aliphatic rings. The van der Waals surface area contributed by atoms with Crippen molar-refractivity contribution >= 4 is 29.1 Å². The highest BCUT2D eigenvalue weighted by Gasteiger charge is 2.31. The summed E-state index contributed by atoms with van der Waals surface area (Å²) >= 11 is 5.83. The number of benzene rings is 1. The Hall–Kier alpha value is -1.80. The predicted octanol–water partition coefficient (Wildman–Crippen LogP) is 3.10. The van der Waals surface area contributed by atoms with Crippen molar-refractivity contribution in [2.45, 2.75) is 20.0 Å². The first-order valence-electron chi connectivity index (χ1n) is 7.71. The van der Waals surface area contributed by atoms with Crippen molar-refractivity contribution in [2.75, 3.05) is 38.5 Å². The van der Waals surface area contributed by atoms with Crippen molar-refractivity contribution in [3.8, 4) is 0 Å². The summed E-state index contributed by atoms with van der Waals surface area (Å²) in [5.41, 5.74) is -1.03. The number of amides is 2. The Morgan fingerprint density at radius 3 is 2.28 bits per heavy atom. The number of hydrogen-bond donors (Lipinski definition) is 1. The molecule has 0 aromatic heterocycles. The van der Waals surface area contributed by atoms with Crippen LogP contribution in [-0.4, -0.2) is 54.8 Å². The van der Waals surface area contributed by atoms with Crippen LogP contribution in [0.15, 0.2) is 18.2 Å². The Labute approximate surface area is 149 Å². The van der Waals surface area contributed by atoms with Gasteiger partial charge in [0.2, 0.25) is 11.8 Å². The van der Waals surface area contributed by atoms with Gasteiger partial charge in [0.05, 0.1) is 29.4 Å². The number of rotatable bonds is 7. The van der Waals surface area contributed by atoms with Gasteiger partial charge in [-0.15, -0.1) is 0 Å². The molecular formula is C16H21ClF3N3O2. The van der Waals surface area contributed by atoms with E-state index in [0.717, 1.165) is 18.2 Å². The number of nitrogens with zero attached hydrogens (tertiary/aromatic N) is 2. The highest BCUT2D eigenvalue weighted by molar-refractivity contribution is 6.33. The largest absolute Gasteiger partial charge is 0.416 e. The van der Waals surface area contributed by atoms with Gasteiger partial charge in [0.1, 0.15) is 0 Å². The fraction of sp³-hybridized carbons (Fsp3) is 0.500. The third-order valence-electron chi connectivity index (χ3n) is 3.50. The van der Waals surface area contributed by atoms with E-state index in [1.54, 1.807) is 11.9 Å². The van der Waals surface area contributed by atoms with Crippen LogP contribution in [0.25, 0.3) is 0 Å². The fourth-order valence-electron chi connectivity index (χ4n) is 2.20. The third-order valence-corrected chi connectivity index (χ3v) is 3.83. The third kappa shape index (κ3) is 6.55.